The van der Waals surface area contributed by atoms with Gasteiger partial charge in [0.1, 0.15) is 0 Å². The Morgan fingerprint density at radius 2 is 1.79 bits per heavy atom. The van der Waals surface area contributed by atoms with Gasteiger partial charge in [0.15, 0.2) is 11.5 Å². The number of hydrogen-bond donors (Lipinski definition) is 2. The summed E-state index contributed by atoms with van der Waals surface area (Å²) >= 11 is 0. The first kappa shape index (κ1) is 27.6. The zero-order chi connectivity index (χ0) is 27.6. The average molecular weight is 548 g/mol. The van der Waals surface area contributed by atoms with Crippen molar-refractivity contribution in [2.45, 2.75) is 68.2 Å². The van der Waals surface area contributed by atoms with Crippen molar-refractivity contribution in [1.29, 1.82) is 0 Å². The largest absolute Gasteiger partial charge is 0.493 e. The maximum Gasteiger partial charge on any atom is 0.416 e. The number of amides is 2. The molecule has 1 saturated carbocycles. The number of fused-ring (bicyclic) bond motifs is 1. The van der Waals surface area contributed by atoms with Crippen molar-refractivity contribution >= 4 is 11.7 Å². The minimum absolute atomic E-state index is 0.0897. The van der Waals surface area contributed by atoms with Crippen molar-refractivity contribution in [3.05, 3.63) is 53.6 Å². The van der Waals surface area contributed by atoms with E-state index in [1.807, 2.05) is 6.07 Å². The second kappa shape index (κ2) is 11.3. The summed E-state index contributed by atoms with van der Waals surface area (Å²) < 4.78 is 56.0. The highest BCUT2D eigenvalue weighted by Gasteiger charge is 2.53. The fraction of sp³-hybridized carbons (Fsp3) is 0.552. The number of nitrogens with one attached hydrogen (secondary N) is 2. The number of ether oxygens (including phenoxy) is 3. The van der Waals surface area contributed by atoms with Gasteiger partial charge in [-0.05, 0) is 81.0 Å². The van der Waals surface area contributed by atoms with E-state index in [9.17, 15) is 18.0 Å². The van der Waals surface area contributed by atoms with Crippen molar-refractivity contribution in [2.75, 3.05) is 39.3 Å². The van der Waals surface area contributed by atoms with Gasteiger partial charge in [-0.1, -0.05) is 12.1 Å². The van der Waals surface area contributed by atoms with E-state index in [1.165, 1.54) is 17.7 Å². The second-order valence-corrected chi connectivity index (χ2v) is 10.7. The molecule has 0 aromatic heterocycles. The van der Waals surface area contributed by atoms with Crippen LogP contribution in [0, 0.1) is 0 Å². The third-order valence-electron chi connectivity index (χ3n) is 8.70. The summed E-state index contributed by atoms with van der Waals surface area (Å²) in [7, 11) is 3.27. The Bertz CT molecular complexity index is 1170. The molecule has 2 heterocycles. The van der Waals surface area contributed by atoms with Crippen molar-refractivity contribution in [3.63, 3.8) is 0 Å². The summed E-state index contributed by atoms with van der Waals surface area (Å²) in [5.41, 5.74) is 0.443. The molecule has 39 heavy (non-hydrogen) atoms. The number of likely N-dealkylation sites (tertiary alicyclic amines) is 1. The molecule has 3 aliphatic rings. The van der Waals surface area contributed by atoms with Crippen LogP contribution < -0.4 is 20.1 Å². The molecule has 2 amide bonds. The predicted molar refractivity (Wildman–Crippen MR) is 141 cm³/mol. The van der Waals surface area contributed by atoms with Crippen molar-refractivity contribution in [1.82, 2.24) is 10.2 Å². The average Bonchev–Trinajstić information content (AvgIpc) is 3.32. The monoisotopic (exact) mass is 547 g/mol. The lowest BCUT2D eigenvalue weighted by molar-refractivity contribution is -0.137. The number of methoxy groups -OCH3 is 2. The normalized spacial score (nSPS) is 26.1. The van der Waals surface area contributed by atoms with Crippen LogP contribution in [0.25, 0.3) is 0 Å². The Balaban J connectivity index is 1.35. The van der Waals surface area contributed by atoms with E-state index in [0.29, 0.717) is 17.5 Å². The molecule has 0 bridgehead atoms. The van der Waals surface area contributed by atoms with E-state index in [4.69, 9.17) is 14.2 Å². The van der Waals surface area contributed by atoms with Crippen LogP contribution in [-0.4, -0.2) is 63.0 Å². The first-order valence-corrected chi connectivity index (χ1v) is 13.5. The topological polar surface area (TPSA) is 72.1 Å². The zero-order valence-corrected chi connectivity index (χ0v) is 22.4. The number of anilines is 1. The molecule has 2 aromatic rings. The molecule has 10 heteroatoms. The van der Waals surface area contributed by atoms with E-state index in [0.717, 1.165) is 70.4 Å². The van der Waals surface area contributed by atoms with Gasteiger partial charge >= 0.3 is 12.2 Å². The van der Waals surface area contributed by atoms with Gasteiger partial charge in [-0.3, -0.25) is 4.90 Å². The molecule has 212 valence electrons. The fourth-order valence-corrected chi connectivity index (χ4v) is 6.78. The van der Waals surface area contributed by atoms with Crippen molar-refractivity contribution in [2.24, 2.45) is 0 Å². The van der Waals surface area contributed by atoms with E-state index in [2.05, 4.69) is 27.7 Å². The molecule has 7 nitrogen and oxygen atoms in total. The van der Waals surface area contributed by atoms with Crippen LogP contribution in [0.3, 0.4) is 0 Å². The number of nitrogens with zero attached hydrogens (tertiary/aromatic N) is 1. The molecule has 0 radical (unpaired) electrons. The highest BCUT2D eigenvalue weighted by molar-refractivity contribution is 5.89. The first-order chi connectivity index (χ1) is 18.7. The lowest BCUT2D eigenvalue weighted by Crippen LogP contribution is -2.55. The Labute approximate surface area is 227 Å². The molecule has 5 rings (SSSR count). The van der Waals surface area contributed by atoms with E-state index in [-0.39, 0.29) is 23.2 Å². The van der Waals surface area contributed by atoms with Crippen LogP contribution in [-0.2, 0) is 16.3 Å². The number of alkyl halides is 3. The molecule has 2 aliphatic heterocycles. The predicted octanol–water partition coefficient (Wildman–Crippen LogP) is 5.59. The standard InChI is InChI=1S/C29H36F3N3O4/c1-37-24-7-6-19(17-25(24)38-2)28-11-8-22(18-26(28)35(13-12-28)23-9-14-39-15-10-23)34-27(36)33-21-5-3-4-20(16-21)29(30,31)32/h3-7,16-17,22-23,26H,8-15,18H2,1-2H3,(H2,33,34,36)/t22-,26+,28+/m1/s1. The Hall–Kier alpha value is -2.98. The highest BCUT2D eigenvalue weighted by atomic mass is 19.4. The lowest BCUT2D eigenvalue weighted by atomic mass is 9.65. The minimum atomic E-state index is -4.47. The van der Waals surface area contributed by atoms with E-state index < -0.39 is 17.8 Å². The quantitative estimate of drug-likeness (QED) is 0.494. The molecule has 3 fully saturated rings. The van der Waals surface area contributed by atoms with E-state index in [1.54, 1.807) is 14.2 Å². The molecule has 1 aliphatic carbocycles. The van der Waals surface area contributed by atoms with Crippen LogP contribution >= 0.6 is 0 Å². The van der Waals surface area contributed by atoms with Crippen molar-refractivity contribution < 1.29 is 32.2 Å². The molecule has 2 N–H and O–H groups in total. The smallest absolute Gasteiger partial charge is 0.416 e. The summed E-state index contributed by atoms with van der Waals surface area (Å²) in [5.74, 6) is 1.39. The maximum absolute atomic E-state index is 13.1. The number of hydrogen-bond acceptors (Lipinski definition) is 5. The van der Waals surface area contributed by atoms with Gasteiger partial charge in [-0.2, -0.15) is 13.2 Å². The van der Waals surface area contributed by atoms with Crippen molar-refractivity contribution in [3.8, 4) is 11.5 Å². The Kier molecular flexibility index (Phi) is 7.96. The van der Waals surface area contributed by atoms with Gasteiger partial charge in [-0.15, -0.1) is 0 Å². The fourth-order valence-electron chi connectivity index (χ4n) is 6.78. The minimum Gasteiger partial charge on any atom is -0.493 e. The van der Waals surface area contributed by atoms with Gasteiger partial charge in [-0.25, -0.2) is 4.79 Å². The lowest BCUT2D eigenvalue weighted by Gasteiger charge is -2.47. The third-order valence-corrected chi connectivity index (χ3v) is 8.70. The molecule has 3 atom stereocenters. The molecule has 2 aromatic carbocycles. The number of halogens is 3. The number of carbonyl (C=O) groups excluding carboxylic acids is 1. The van der Waals surface area contributed by atoms with Gasteiger partial charge in [0.25, 0.3) is 0 Å². The maximum atomic E-state index is 13.1. The van der Waals surface area contributed by atoms with Gasteiger partial charge in [0, 0.05) is 42.4 Å². The van der Waals surface area contributed by atoms with Gasteiger partial charge in [0.05, 0.1) is 19.8 Å². The molecule has 2 saturated heterocycles. The summed E-state index contributed by atoms with van der Waals surface area (Å²) in [6, 6.07) is 10.9. The van der Waals surface area contributed by atoms with Crippen LogP contribution in [0.5, 0.6) is 11.5 Å². The number of urea groups is 1. The van der Waals surface area contributed by atoms with Crippen LogP contribution in [0.4, 0.5) is 23.7 Å². The second-order valence-electron chi connectivity index (χ2n) is 10.7. The zero-order valence-electron chi connectivity index (χ0n) is 22.4. The SMILES string of the molecule is COc1ccc([C@@]23CC[C@@H](NC(=O)Nc4cccc(C(F)(F)F)c4)C[C@@H]2N(C2CCOCC2)CC3)cc1OC. The van der Waals surface area contributed by atoms with Gasteiger partial charge < -0.3 is 24.8 Å². The summed E-state index contributed by atoms with van der Waals surface area (Å²) in [4.78, 5) is 15.5. The van der Waals surface area contributed by atoms with Gasteiger partial charge in [0.2, 0.25) is 0 Å². The summed E-state index contributed by atoms with van der Waals surface area (Å²) in [6.45, 7) is 2.46. The Morgan fingerprint density at radius 1 is 1.03 bits per heavy atom. The number of carbonyl (C=O) groups is 1. The van der Waals surface area contributed by atoms with Crippen LogP contribution in [0.2, 0.25) is 0 Å². The van der Waals surface area contributed by atoms with E-state index >= 15 is 0 Å². The Morgan fingerprint density at radius 3 is 2.51 bits per heavy atom. The summed E-state index contributed by atoms with van der Waals surface area (Å²) in [6.07, 6.45) is 0.888. The molecular formula is C29H36F3N3O4. The molecular weight excluding hydrogens is 511 g/mol. The molecule has 0 unspecified atom stereocenters. The van der Waals surface area contributed by atoms with Crippen LogP contribution in [0.15, 0.2) is 42.5 Å². The molecule has 0 spiro atoms. The summed E-state index contributed by atoms with van der Waals surface area (Å²) in [5, 5.41) is 5.64. The number of benzene rings is 2. The first-order valence-electron chi connectivity index (χ1n) is 13.5. The van der Waals surface area contributed by atoms with Crippen LogP contribution in [0.1, 0.15) is 49.7 Å². The third kappa shape index (κ3) is 5.68. The highest BCUT2D eigenvalue weighted by Crippen LogP contribution is 2.51. The number of rotatable bonds is 6.